The Kier molecular flexibility index (Phi) is 4.62. The fraction of sp³-hybridized carbons (Fsp3) is 0.0588. The lowest BCUT2D eigenvalue weighted by Gasteiger charge is -2.05. The van der Waals surface area contributed by atoms with Crippen LogP contribution in [0.5, 0.6) is 0 Å². The van der Waals surface area contributed by atoms with Crippen LogP contribution in [0.2, 0.25) is 0 Å². The van der Waals surface area contributed by atoms with Crippen LogP contribution < -0.4 is 11.5 Å². The highest BCUT2D eigenvalue weighted by Crippen LogP contribution is 2.32. The Hall–Kier alpha value is -3.52. The monoisotopic (exact) mass is 395 g/mol. The number of nitrogen functional groups attached to an aromatic ring is 2. The summed E-state index contributed by atoms with van der Waals surface area (Å²) < 4.78 is 15.7. The minimum Gasteiger partial charge on any atom is -0.382 e. The first-order chi connectivity index (χ1) is 13.6. The molecule has 0 bridgehead atoms. The van der Waals surface area contributed by atoms with Crippen molar-refractivity contribution in [2.45, 2.75) is 6.54 Å². The Labute approximate surface area is 161 Å². The number of aromatic nitrogens is 5. The number of benzene rings is 1. The first-order valence-electron chi connectivity index (χ1n) is 8.17. The Balaban J connectivity index is 1.86. The van der Waals surface area contributed by atoms with Gasteiger partial charge in [-0.3, -0.25) is 0 Å². The molecule has 0 radical (unpaired) electrons. The van der Waals surface area contributed by atoms with E-state index in [0.29, 0.717) is 22.3 Å². The first-order valence-corrected chi connectivity index (χ1v) is 8.69. The Morgan fingerprint density at radius 2 is 1.82 bits per heavy atom. The number of hydrogen-bond acceptors (Lipinski definition) is 8. The van der Waals surface area contributed by atoms with Crippen LogP contribution in [0, 0.1) is 5.82 Å². The van der Waals surface area contributed by atoms with Crippen molar-refractivity contribution in [3.63, 3.8) is 0 Å². The number of rotatable bonds is 4. The highest BCUT2D eigenvalue weighted by Gasteiger charge is 2.19. The van der Waals surface area contributed by atoms with Crippen molar-refractivity contribution in [1.82, 2.24) is 24.7 Å². The Morgan fingerprint density at radius 3 is 2.54 bits per heavy atom. The van der Waals surface area contributed by atoms with Gasteiger partial charge in [0.05, 0.1) is 11.9 Å². The summed E-state index contributed by atoms with van der Waals surface area (Å²) in [5, 5.41) is 9.05. The summed E-state index contributed by atoms with van der Waals surface area (Å²) in [6.07, 6.45) is 1.64. The average Bonchev–Trinajstić information content (AvgIpc) is 3.05. The van der Waals surface area contributed by atoms with Gasteiger partial charge in [0.25, 0.3) is 0 Å². The largest absolute Gasteiger partial charge is 0.382 e. The molecule has 9 nitrogen and oxygen atoms in total. The molecule has 0 fully saturated rings. The van der Waals surface area contributed by atoms with Gasteiger partial charge in [0, 0.05) is 21.2 Å². The van der Waals surface area contributed by atoms with Crippen LogP contribution in [-0.2, 0) is 6.54 Å². The summed E-state index contributed by atoms with van der Waals surface area (Å²) in [6, 6.07) is 10.1. The van der Waals surface area contributed by atoms with Gasteiger partial charge in [-0.2, -0.15) is 9.98 Å². The molecular formula is C17H15FN9P. The van der Waals surface area contributed by atoms with E-state index in [9.17, 15) is 4.39 Å². The topological polar surface area (TPSA) is 133 Å². The standard InChI is InChI=1S/C17H15FN9P/c18-11-6-2-1-4-9(11)8-27-17-10(5-3-7-21-17)12(25-27)16-22-14(19)13(24-26-28)15(20)23-16/h1-7H,8,28H2,(H4,19,20,22,23)/b26-24+. The third-order valence-electron chi connectivity index (χ3n) is 4.09. The zero-order valence-electron chi connectivity index (χ0n) is 14.5. The molecule has 11 heteroatoms. The van der Waals surface area contributed by atoms with Crippen LogP contribution in [0.3, 0.4) is 0 Å². The van der Waals surface area contributed by atoms with Gasteiger partial charge in [-0.15, -0.1) is 5.11 Å². The minimum absolute atomic E-state index is 0.0781. The van der Waals surface area contributed by atoms with Crippen molar-refractivity contribution in [2.75, 3.05) is 11.5 Å². The lowest BCUT2D eigenvalue weighted by atomic mass is 10.2. The zero-order valence-corrected chi connectivity index (χ0v) is 15.6. The maximum Gasteiger partial charge on any atom is 0.184 e. The second kappa shape index (κ2) is 7.24. The lowest BCUT2D eigenvalue weighted by molar-refractivity contribution is 0.589. The molecule has 4 aromatic rings. The third kappa shape index (κ3) is 3.14. The van der Waals surface area contributed by atoms with E-state index in [0.717, 1.165) is 0 Å². The number of fused-ring (bicyclic) bond motifs is 1. The lowest BCUT2D eigenvalue weighted by Crippen LogP contribution is -2.05. The van der Waals surface area contributed by atoms with Gasteiger partial charge in [-0.25, -0.2) is 24.0 Å². The molecule has 4 rings (SSSR count). The zero-order chi connectivity index (χ0) is 19.7. The number of nitrogens with zero attached hydrogens (tertiary/aromatic N) is 7. The molecule has 0 saturated carbocycles. The molecule has 0 amide bonds. The number of anilines is 2. The van der Waals surface area contributed by atoms with E-state index >= 15 is 0 Å². The molecule has 1 atom stereocenters. The van der Waals surface area contributed by atoms with Gasteiger partial charge in [-0.1, -0.05) is 18.2 Å². The number of pyridine rings is 1. The molecule has 0 spiro atoms. The van der Waals surface area contributed by atoms with E-state index in [-0.39, 0.29) is 35.5 Å². The van der Waals surface area contributed by atoms with E-state index in [2.05, 4.69) is 39.4 Å². The second-order valence-electron chi connectivity index (χ2n) is 5.85. The van der Waals surface area contributed by atoms with Gasteiger partial charge < -0.3 is 11.5 Å². The SMILES string of the molecule is Nc1nc(-c2nn(Cc3ccccc3F)c3ncccc23)nc(N)c1/N=N/P. The van der Waals surface area contributed by atoms with Crippen LogP contribution in [0.1, 0.15) is 5.56 Å². The van der Waals surface area contributed by atoms with Crippen molar-refractivity contribution in [3.05, 3.63) is 54.0 Å². The van der Waals surface area contributed by atoms with Gasteiger partial charge in [0.2, 0.25) is 0 Å². The quantitative estimate of drug-likeness (QED) is 0.403. The summed E-state index contributed by atoms with van der Waals surface area (Å²) >= 11 is 0. The molecule has 0 aliphatic rings. The summed E-state index contributed by atoms with van der Waals surface area (Å²) in [4.78, 5) is 16.5. The summed E-state index contributed by atoms with van der Waals surface area (Å²) in [7, 11) is 2.09. The highest BCUT2D eigenvalue weighted by atomic mass is 31.0. The smallest absolute Gasteiger partial charge is 0.184 e. The summed E-state index contributed by atoms with van der Waals surface area (Å²) in [5.74, 6) is 0.0623. The number of halogens is 1. The molecular weight excluding hydrogens is 380 g/mol. The molecule has 1 aromatic carbocycles. The first kappa shape index (κ1) is 17.9. The predicted octanol–water partition coefficient (Wildman–Crippen LogP) is 3.11. The fourth-order valence-electron chi connectivity index (χ4n) is 2.83. The van der Waals surface area contributed by atoms with Crippen molar-refractivity contribution in [2.24, 2.45) is 10.00 Å². The molecule has 3 aromatic heterocycles. The third-order valence-corrected chi connectivity index (χ3v) is 4.21. The van der Waals surface area contributed by atoms with Crippen LogP contribution in [0.4, 0.5) is 21.7 Å². The van der Waals surface area contributed by atoms with Crippen molar-refractivity contribution < 1.29 is 4.39 Å². The van der Waals surface area contributed by atoms with Crippen molar-refractivity contribution in [3.8, 4) is 11.5 Å². The molecule has 0 saturated heterocycles. The molecule has 3 heterocycles. The number of nitrogens with two attached hydrogens (primary N) is 2. The van der Waals surface area contributed by atoms with Crippen LogP contribution in [-0.4, -0.2) is 24.7 Å². The molecule has 28 heavy (non-hydrogen) atoms. The number of hydrogen-bond donors (Lipinski definition) is 2. The van der Waals surface area contributed by atoms with Crippen molar-refractivity contribution in [1.29, 1.82) is 0 Å². The fourth-order valence-corrected chi connectivity index (χ4v) is 2.94. The molecule has 0 aliphatic carbocycles. The minimum atomic E-state index is -0.319. The van der Waals surface area contributed by atoms with Crippen LogP contribution >= 0.6 is 9.39 Å². The normalized spacial score (nSPS) is 11.5. The Bertz CT molecular complexity index is 1180. The van der Waals surface area contributed by atoms with Crippen LogP contribution in [0.25, 0.3) is 22.6 Å². The Morgan fingerprint density at radius 1 is 1.07 bits per heavy atom. The van der Waals surface area contributed by atoms with Gasteiger partial charge in [0.15, 0.2) is 28.8 Å². The predicted molar refractivity (Wildman–Crippen MR) is 107 cm³/mol. The van der Waals surface area contributed by atoms with Gasteiger partial charge in [0.1, 0.15) is 11.5 Å². The molecule has 1 unspecified atom stereocenters. The van der Waals surface area contributed by atoms with Crippen LogP contribution in [0.15, 0.2) is 52.6 Å². The second-order valence-corrected chi connectivity index (χ2v) is 6.08. The van der Waals surface area contributed by atoms with E-state index in [1.165, 1.54) is 6.07 Å². The summed E-state index contributed by atoms with van der Waals surface area (Å²) in [6.45, 7) is 0.199. The average molecular weight is 395 g/mol. The van der Waals surface area contributed by atoms with E-state index < -0.39 is 0 Å². The van der Waals surface area contributed by atoms with E-state index in [4.69, 9.17) is 11.5 Å². The van der Waals surface area contributed by atoms with Gasteiger partial charge >= 0.3 is 0 Å². The molecule has 140 valence electrons. The maximum absolute atomic E-state index is 14.1. The maximum atomic E-state index is 14.1. The highest BCUT2D eigenvalue weighted by molar-refractivity contribution is 7.14. The van der Waals surface area contributed by atoms with Crippen molar-refractivity contribution >= 4 is 37.7 Å². The van der Waals surface area contributed by atoms with E-state index in [1.54, 1.807) is 35.1 Å². The molecule has 4 N–H and O–H groups in total. The molecule has 0 aliphatic heterocycles. The van der Waals surface area contributed by atoms with E-state index in [1.807, 2.05) is 6.07 Å². The van der Waals surface area contributed by atoms with Gasteiger partial charge in [-0.05, 0) is 18.2 Å². The summed E-state index contributed by atoms with van der Waals surface area (Å²) in [5.41, 5.74) is 13.6.